The predicted octanol–water partition coefficient (Wildman–Crippen LogP) is 5.82. The van der Waals surface area contributed by atoms with Crippen LogP contribution in [0.5, 0.6) is 0 Å². The maximum absolute atomic E-state index is 12.6. The van der Waals surface area contributed by atoms with Crippen LogP contribution in [0, 0.1) is 11.8 Å². The minimum atomic E-state index is -0.623. The number of aromatic nitrogens is 3. The van der Waals surface area contributed by atoms with Gasteiger partial charge < -0.3 is 10.0 Å². The molecule has 0 amide bonds. The second-order valence-corrected chi connectivity index (χ2v) is 12.9. The quantitative estimate of drug-likeness (QED) is 0.332. The van der Waals surface area contributed by atoms with Gasteiger partial charge >= 0.3 is 5.97 Å². The van der Waals surface area contributed by atoms with Crippen molar-refractivity contribution < 1.29 is 9.90 Å². The van der Waals surface area contributed by atoms with Crippen LogP contribution >= 0.6 is 0 Å². The summed E-state index contributed by atoms with van der Waals surface area (Å²) in [5, 5.41) is 15.2. The summed E-state index contributed by atoms with van der Waals surface area (Å²) in [6.45, 7) is 7.87. The van der Waals surface area contributed by atoms with Crippen LogP contribution in [0.4, 0.5) is 0 Å². The van der Waals surface area contributed by atoms with Crippen molar-refractivity contribution in [1.29, 1.82) is 0 Å². The summed E-state index contributed by atoms with van der Waals surface area (Å²) in [6.07, 6.45) is 8.65. The normalized spacial score (nSPS) is 23.7. The molecule has 2 aliphatic heterocycles. The van der Waals surface area contributed by atoms with Gasteiger partial charge in [0.1, 0.15) is 11.9 Å². The number of piperidine rings is 1. The molecule has 3 aliphatic rings. The van der Waals surface area contributed by atoms with E-state index in [2.05, 4.69) is 76.0 Å². The number of carboxylic acid groups (broad SMARTS) is 1. The summed E-state index contributed by atoms with van der Waals surface area (Å²) in [5.74, 6) is 2.97. The molecule has 6 rings (SSSR count). The third-order valence-corrected chi connectivity index (χ3v) is 10.1. The average Bonchev–Trinajstić information content (AvgIpc) is 3.63. The number of aryl methyl sites for hydroxylation is 1. The summed E-state index contributed by atoms with van der Waals surface area (Å²) >= 11 is 0. The number of hydrogen-bond donors (Lipinski definition) is 1. The number of carbonyl (C=O) groups is 1. The molecule has 0 radical (unpaired) electrons. The Kier molecular flexibility index (Phi) is 9.35. The van der Waals surface area contributed by atoms with Crippen LogP contribution in [0.1, 0.15) is 86.5 Å². The summed E-state index contributed by atoms with van der Waals surface area (Å²) in [4.78, 5) is 22.6. The Balaban J connectivity index is 1.12. The van der Waals surface area contributed by atoms with Crippen molar-refractivity contribution in [2.45, 2.75) is 82.7 Å². The molecule has 224 valence electrons. The molecular formula is C35H47N5O2. The van der Waals surface area contributed by atoms with Crippen LogP contribution in [0.15, 0.2) is 60.7 Å². The van der Waals surface area contributed by atoms with Gasteiger partial charge in [0.2, 0.25) is 0 Å². The third-order valence-electron chi connectivity index (χ3n) is 10.1. The van der Waals surface area contributed by atoms with Gasteiger partial charge in [-0.15, -0.1) is 0 Å². The fraction of sp³-hybridized carbons (Fsp3) is 0.571. The van der Waals surface area contributed by atoms with E-state index in [9.17, 15) is 9.90 Å². The average molecular weight is 570 g/mol. The number of aliphatic carboxylic acids is 1. The first-order chi connectivity index (χ1) is 20.6. The van der Waals surface area contributed by atoms with E-state index in [1.165, 1.54) is 30.4 Å². The Labute approximate surface area is 250 Å². The van der Waals surface area contributed by atoms with Gasteiger partial charge in [0.15, 0.2) is 5.82 Å². The molecule has 1 aromatic heterocycles. The second kappa shape index (κ2) is 13.5. The highest BCUT2D eigenvalue weighted by atomic mass is 16.4. The Morgan fingerprint density at radius 3 is 2.29 bits per heavy atom. The molecule has 2 saturated heterocycles. The minimum absolute atomic E-state index is 0.282. The molecule has 1 N–H and O–H groups in total. The first kappa shape index (κ1) is 29.1. The van der Waals surface area contributed by atoms with Crippen LogP contribution in [0.25, 0.3) is 0 Å². The summed E-state index contributed by atoms with van der Waals surface area (Å²) < 4.78 is 2.12. The largest absolute Gasteiger partial charge is 0.480 e. The lowest BCUT2D eigenvalue weighted by molar-refractivity contribution is -0.145. The smallest absolute Gasteiger partial charge is 0.321 e. The van der Waals surface area contributed by atoms with E-state index in [0.717, 1.165) is 83.0 Å². The van der Waals surface area contributed by atoms with Crippen molar-refractivity contribution in [3.8, 4) is 0 Å². The van der Waals surface area contributed by atoms with E-state index < -0.39 is 5.97 Å². The van der Waals surface area contributed by atoms with E-state index in [-0.39, 0.29) is 12.0 Å². The van der Waals surface area contributed by atoms with Crippen molar-refractivity contribution in [1.82, 2.24) is 24.6 Å². The zero-order valence-electron chi connectivity index (χ0n) is 25.2. The number of hydrogen-bond acceptors (Lipinski definition) is 5. The predicted molar refractivity (Wildman–Crippen MR) is 166 cm³/mol. The highest BCUT2D eigenvalue weighted by Crippen LogP contribution is 2.39. The van der Waals surface area contributed by atoms with Gasteiger partial charge in [-0.1, -0.05) is 79.9 Å². The van der Waals surface area contributed by atoms with E-state index in [0.29, 0.717) is 17.8 Å². The lowest BCUT2D eigenvalue weighted by Gasteiger charge is -2.35. The van der Waals surface area contributed by atoms with Crippen molar-refractivity contribution >= 4 is 5.97 Å². The van der Waals surface area contributed by atoms with Crippen molar-refractivity contribution in [2.75, 3.05) is 32.7 Å². The van der Waals surface area contributed by atoms with Crippen LogP contribution in [-0.2, 0) is 17.8 Å². The van der Waals surface area contributed by atoms with Crippen LogP contribution in [-0.4, -0.2) is 74.4 Å². The van der Waals surface area contributed by atoms with E-state index in [4.69, 9.17) is 10.1 Å². The maximum atomic E-state index is 12.6. The molecular weight excluding hydrogens is 522 g/mol. The zero-order valence-corrected chi connectivity index (χ0v) is 25.2. The van der Waals surface area contributed by atoms with E-state index in [1.807, 2.05) is 6.07 Å². The topological polar surface area (TPSA) is 74.5 Å². The molecule has 1 saturated carbocycles. The monoisotopic (exact) mass is 569 g/mol. The first-order valence-corrected chi connectivity index (χ1v) is 16.3. The van der Waals surface area contributed by atoms with Crippen molar-refractivity contribution in [2.24, 2.45) is 11.8 Å². The molecule has 3 fully saturated rings. The number of likely N-dealkylation sites (tertiary alicyclic amines) is 2. The zero-order chi connectivity index (χ0) is 28.9. The number of benzene rings is 2. The van der Waals surface area contributed by atoms with E-state index in [1.54, 1.807) is 0 Å². The fourth-order valence-electron chi connectivity index (χ4n) is 8.00. The Morgan fingerprint density at radius 2 is 1.62 bits per heavy atom. The lowest BCUT2D eigenvalue weighted by Crippen LogP contribution is -2.46. The van der Waals surface area contributed by atoms with Gasteiger partial charge in [0.25, 0.3) is 0 Å². The second-order valence-electron chi connectivity index (χ2n) is 12.9. The molecule has 3 atom stereocenters. The number of rotatable bonds is 10. The molecule has 2 aromatic carbocycles. The number of nitrogens with zero attached hydrogens (tertiary/aromatic N) is 5. The van der Waals surface area contributed by atoms with Gasteiger partial charge in [-0.2, -0.15) is 5.10 Å². The Hall–Kier alpha value is -3.03. The molecule has 42 heavy (non-hydrogen) atoms. The van der Waals surface area contributed by atoms with Crippen molar-refractivity contribution in [3.63, 3.8) is 0 Å². The summed E-state index contributed by atoms with van der Waals surface area (Å²) in [6, 6.07) is 21.0. The molecule has 0 spiro atoms. The molecule has 3 aromatic rings. The van der Waals surface area contributed by atoms with Gasteiger partial charge in [0, 0.05) is 44.4 Å². The van der Waals surface area contributed by atoms with Gasteiger partial charge in [-0.3, -0.25) is 9.69 Å². The Bertz CT molecular complexity index is 1280. The standard InChI is InChI=1S/C35H47N5O2/c1-2-40-34(36-32(37-40)22-26-12-6-3-7-13-26)29-18-20-38(21-19-29)23-30-24-39(25-31(30)27-14-8-4-9-15-27)33(35(41)42)28-16-10-5-11-17-28/h3-4,6-9,12-15,28-31,33H,2,5,10-11,16-25H2,1H3,(H,41,42)/t30-,31?,33+/m0/s1. The summed E-state index contributed by atoms with van der Waals surface area (Å²) in [7, 11) is 0. The molecule has 1 aliphatic carbocycles. The molecule has 7 nitrogen and oxygen atoms in total. The minimum Gasteiger partial charge on any atom is -0.480 e. The lowest BCUT2D eigenvalue weighted by atomic mass is 9.83. The van der Waals surface area contributed by atoms with Crippen LogP contribution in [0.2, 0.25) is 0 Å². The SMILES string of the molecule is CCn1nc(Cc2ccccc2)nc1C1CCN(C[C@H]2CN([C@@H](C(=O)O)C3CCCCC3)CC2c2ccccc2)CC1. The van der Waals surface area contributed by atoms with E-state index >= 15 is 0 Å². The van der Waals surface area contributed by atoms with Gasteiger partial charge in [-0.05, 0) is 68.7 Å². The van der Waals surface area contributed by atoms with Gasteiger partial charge in [0.05, 0.1) is 0 Å². The molecule has 0 bridgehead atoms. The summed E-state index contributed by atoms with van der Waals surface area (Å²) in [5.41, 5.74) is 2.61. The maximum Gasteiger partial charge on any atom is 0.321 e. The van der Waals surface area contributed by atoms with Crippen LogP contribution in [0.3, 0.4) is 0 Å². The van der Waals surface area contributed by atoms with Crippen molar-refractivity contribution in [3.05, 3.63) is 83.4 Å². The molecule has 1 unspecified atom stereocenters. The Morgan fingerprint density at radius 1 is 0.929 bits per heavy atom. The highest BCUT2D eigenvalue weighted by Gasteiger charge is 2.43. The fourth-order valence-corrected chi connectivity index (χ4v) is 8.00. The first-order valence-electron chi connectivity index (χ1n) is 16.3. The van der Waals surface area contributed by atoms with Gasteiger partial charge in [-0.25, -0.2) is 9.67 Å². The molecule has 3 heterocycles. The van der Waals surface area contributed by atoms with Crippen LogP contribution < -0.4 is 0 Å². The number of carboxylic acids is 1. The molecule has 7 heteroatoms. The highest BCUT2D eigenvalue weighted by molar-refractivity contribution is 5.74. The third kappa shape index (κ3) is 6.63.